The van der Waals surface area contributed by atoms with Crippen LogP contribution in [0.5, 0.6) is 5.75 Å². The maximum absolute atomic E-state index is 15.1. The molecule has 1 fully saturated rings. The van der Waals surface area contributed by atoms with Crippen molar-refractivity contribution in [2.75, 3.05) is 7.11 Å². The second kappa shape index (κ2) is 11.6. The summed E-state index contributed by atoms with van der Waals surface area (Å²) >= 11 is 0. The molecule has 35 heavy (non-hydrogen) atoms. The summed E-state index contributed by atoms with van der Waals surface area (Å²) in [6, 6.07) is 17.2. The van der Waals surface area contributed by atoms with E-state index in [1.54, 1.807) is 55.6 Å². The number of amides is 2. The number of carbonyl (C=O) groups is 2. The Labute approximate surface area is 205 Å². The molecule has 0 saturated heterocycles. The van der Waals surface area contributed by atoms with Gasteiger partial charge in [0.25, 0.3) is 5.91 Å². The molecule has 3 aromatic rings. The van der Waals surface area contributed by atoms with Gasteiger partial charge in [-0.15, -0.1) is 0 Å². The van der Waals surface area contributed by atoms with Crippen molar-refractivity contribution in [1.82, 2.24) is 15.2 Å². The first kappa shape index (κ1) is 24.4. The Bertz CT molecular complexity index is 1130. The number of hydrogen-bond acceptors (Lipinski definition) is 4. The van der Waals surface area contributed by atoms with Crippen LogP contribution < -0.4 is 10.1 Å². The van der Waals surface area contributed by atoms with Crippen molar-refractivity contribution in [3.63, 3.8) is 0 Å². The third kappa shape index (κ3) is 6.04. The van der Waals surface area contributed by atoms with Crippen molar-refractivity contribution in [2.24, 2.45) is 0 Å². The van der Waals surface area contributed by atoms with Gasteiger partial charge in [0.2, 0.25) is 5.91 Å². The fourth-order valence-electron chi connectivity index (χ4n) is 4.52. The number of nitrogens with one attached hydrogen (secondary N) is 1. The SMILES string of the molecule is COc1ccc(CN(C(=O)c2ccccn2)[C@@H](C(=O)NC2CCCCC2)c2ccccc2F)cc1. The molecule has 0 radical (unpaired) electrons. The van der Waals surface area contributed by atoms with E-state index in [1.165, 1.54) is 17.2 Å². The summed E-state index contributed by atoms with van der Waals surface area (Å²) in [5.41, 5.74) is 1.12. The first-order valence-corrected chi connectivity index (χ1v) is 12.0. The number of halogens is 1. The number of hydrogen-bond donors (Lipinski definition) is 1. The summed E-state index contributed by atoms with van der Waals surface area (Å²) in [7, 11) is 1.58. The summed E-state index contributed by atoms with van der Waals surface area (Å²) < 4.78 is 20.3. The molecule has 0 spiro atoms. The molecule has 4 rings (SSSR count). The van der Waals surface area contributed by atoms with Gasteiger partial charge in [-0.25, -0.2) is 4.39 Å². The van der Waals surface area contributed by atoms with Crippen molar-refractivity contribution < 1.29 is 18.7 Å². The van der Waals surface area contributed by atoms with Crippen LogP contribution in [0.1, 0.15) is 59.8 Å². The molecule has 1 heterocycles. The standard InChI is InChI=1S/C28H30FN3O3/c1-35-22-16-14-20(15-17-22)19-32(28(34)25-13-7-8-18-30-25)26(23-11-5-6-12-24(23)29)27(33)31-21-9-3-2-4-10-21/h5-8,11-18,21,26H,2-4,9-10,19H2,1H3,(H,31,33)/t26-/m1/s1. The predicted molar refractivity (Wildman–Crippen MR) is 131 cm³/mol. The number of rotatable bonds is 8. The Morgan fingerprint density at radius 1 is 1.03 bits per heavy atom. The van der Waals surface area contributed by atoms with Gasteiger partial charge in [-0.05, 0) is 48.7 Å². The van der Waals surface area contributed by atoms with E-state index in [4.69, 9.17) is 4.74 Å². The lowest BCUT2D eigenvalue weighted by molar-refractivity contribution is -0.127. The summed E-state index contributed by atoms with van der Waals surface area (Å²) in [6.07, 6.45) is 6.50. The molecule has 0 aliphatic heterocycles. The number of aromatic nitrogens is 1. The van der Waals surface area contributed by atoms with E-state index in [1.807, 2.05) is 12.1 Å². The summed E-state index contributed by atoms with van der Waals surface area (Å²) in [5, 5.41) is 3.10. The molecule has 0 unspecified atom stereocenters. The van der Waals surface area contributed by atoms with Crippen LogP contribution in [0.2, 0.25) is 0 Å². The van der Waals surface area contributed by atoms with Gasteiger partial charge in [-0.3, -0.25) is 14.6 Å². The van der Waals surface area contributed by atoms with Crippen molar-refractivity contribution in [1.29, 1.82) is 0 Å². The Balaban J connectivity index is 1.74. The molecular formula is C28H30FN3O3. The van der Waals surface area contributed by atoms with Crippen LogP contribution in [-0.4, -0.2) is 34.8 Å². The number of carbonyl (C=O) groups excluding carboxylic acids is 2. The molecule has 1 atom stereocenters. The molecule has 1 aliphatic rings. The number of methoxy groups -OCH3 is 1. The first-order chi connectivity index (χ1) is 17.1. The Morgan fingerprint density at radius 3 is 2.40 bits per heavy atom. The lowest BCUT2D eigenvalue weighted by Crippen LogP contribution is -2.47. The van der Waals surface area contributed by atoms with Crippen molar-refractivity contribution in [3.8, 4) is 5.75 Å². The van der Waals surface area contributed by atoms with Gasteiger partial charge in [-0.2, -0.15) is 0 Å². The van der Waals surface area contributed by atoms with Crippen LogP contribution in [0.25, 0.3) is 0 Å². The minimum Gasteiger partial charge on any atom is -0.497 e. The molecule has 2 aromatic carbocycles. The molecule has 6 nitrogen and oxygen atoms in total. The molecule has 182 valence electrons. The zero-order valence-electron chi connectivity index (χ0n) is 19.8. The summed E-state index contributed by atoms with van der Waals surface area (Å²) in [5.74, 6) is -0.699. The lowest BCUT2D eigenvalue weighted by atomic mass is 9.94. The van der Waals surface area contributed by atoms with E-state index in [0.717, 1.165) is 37.7 Å². The van der Waals surface area contributed by atoms with E-state index in [-0.39, 0.29) is 29.8 Å². The number of pyridine rings is 1. The van der Waals surface area contributed by atoms with Gasteiger partial charge < -0.3 is 15.0 Å². The minimum atomic E-state index is -1.16. The fraction of sp³-hybridized carbons (Fsp3) is 0.321. The van der Waals surface area contributed by atoms with Gasteiger partial charge in [0.15, 0.2) is 0 Å². The molecule has 2 amide bonds. The topological polar surface area (TPSA) is 71.5 Å². The minimum absolute atomic E-state index is 0.0123. The van der Waals surface area contributed by atoms with Crippen LogP contribution in [0, 0.1) is 5.82 Å². The fourth-order valence-corrected chi connectivity index (χ4v) is 4.52. The highest BCUT2D eigenvalue weighted by Gasteiger charge is 2.35. The Morgan fingerprint density at radius 2 is 1.74 bits per heavy atom. The second-order valence-electron chi connectivity index (χ2n) is 8.76. The van der Waals surface area contributed by atoms with Crippen LogP contribution in [0.15, 0.2) is 72.9 Å². The molecular weight excluding hydrogens is 445 g/mol. The van der Waals surface area contributed by atoms with Crippen molar-refractivity contribution >= 4 is 11.8 Å². The van der Waals surface area contributed by atoms with E-state index >= 15 is 4.39 Å². The van der Waals surface area contributed by atoms with E-state index in [0.29, 0.717) is 5.75 Å². The maximum Gasteiger partial charge on any atom is 0.273 e. The second-order valence-corrected chi connectivity index (χ2v) is 8.76. The van der Waals surface area contributed by atoms with Gasteiger partial charge in [0.05, 0.1) is 7.11 Å². The molecule has 1 saturated carbocycles. The van der Waals surface area contributed by atoms with Crippen LogP contribution in [0.3, 0.4) is 0 Å². The molecule has 1 aliphatic carbocycles. The average Bonchev–Trinajstić information content (AvgIpc) is 2.90. The zero-order chi connectivity index (χ0) is 24.6. The molecule has 7 heteroatoms. The highest BCUT2D eigenvalue weighted by atomic mass is 19.1. The molecule has 1 N–H and O–H groups in total. The maximum atomic E-state index is 15.1. The third-order valence-corrected chi connectivity index (χ3v) is 6.37. The molecule has 1 aromatic heterocycles. The lowest BCUT2D eigenvalue weighted by Gasteiger charge is -2.33. The smallest absolute Gasteiger partial charge is 0.273 e. The van der Waals surface area contributed by atoms with Crippen LogP contribution >= 0.6 is 0 Å². The zero-order valence-corrected chi connectivity index (χ0v) is 19.8. The normalized spacial score (nSPS) is 14.7. The Kier molecular flexibility index (Phi) is 8.08. The van der Waals surface area contributed by atoms with E-state index < -0.39 is 17.8 Å². The quantitative estimate of drug-likeness (QED) is 0.494. The Hall–Kier alpha value is -3.74. The van der Waals surface area contributed by atoms with Gasteiger partial charge in [0, 0.05) is 24.3 Å². The van der Waals surface area contributed by atoms with Gasteiger partial charge >= 0.3 is 0 Å². The van der Waals surface area contributed by atoms with Crippen LogP contribution in [0.4, 0.5) is 4.39 Å². The van der Waals surface area contributed by atoms with Gasteiger partial charge in [-0.1, -0.05) is 55.7 Å². The summed E-state index contributed by atoms with van der Waals surface area (Å²) in [4.78, 5) is 33.1. The molecule has 0 bridgehead atoms. The first-order valence-electron chi connectivity index (χ1n) is 12.0. The predicted octanol–water partition coefficient (Wildman–Crippen LogP) is 5.06. The number of nitrogens with zero attached hydrogens (tertiary/aromatic N) is 2. The number of benzene rings is 2. The average molecular weight is 476 g/mol. The van der Waals surface area contributed by atoms with E-state index in [2.05, 4.69) is 10.3 Å². The largest absolute Gasteiger partial charge is 0.497 e. The van der Waals surface area contributed by atoms with Crippen LogP contribution in [-0.2, 0) is 11.3 Å². The monoisotopic (exact) mass is 475 g/mol. The summed E-state index contributed by atoms with van der Waals surface area (Å²) in [6.45, 7) is 0.0937. The van der Waals surface area contributed by atoms with Crippen molar-refractivity contribution in [3.05, 3.63) is 95.6 Å². The third-order valence-electron chi connectivity index (χ3n) is 6.37. The highest BCUT2D eigenvalue weighted by molar-refractivity contribution is 5.96. The highest BCUT2D eigenvalue weighted by Crippen LogP contribution is 2.29. The van der Waals surface area contributed by atoms with E-state index in [9.17, 15) is 9.59 Å². The number of ether oxygens (including phenoxy) is 1. The van der Waals surface area contributed by atoms with Gasteiger partial charge in [0.1, 0.15) is 23.3 Å². The van der Waals surface area contributed by atoms with Crippen molar-refractivity contribution in [2.45, 2.75) is 50.7 Å².